The van der Waals surface area contributed by atoms with Gasteiger partial charge in [-0.3, -0.25) is 0 Å². The zero-order valence-electron chi connectivity index (χ0n) is 10.7. The molecule has 1 atom stereocenters. The monoisotopic (exact) mass is 239 g/mol. The topological polar surface area (TPSA) is 35.2 Å². The maximum atomic E-state index is 13.6. The van der Waals surface area contributed by atoms with Crippen molar-refractivity contribution >= 4 is 0 Å². The molecule has 0 aliphatic heterocycles. The lowest BCUT2D eigenvalue weighted by Crippen LogP contribution is -2.11. The van der Waals surface area contributed by atoms with Crippen molar-refractivity contribution in [1.29, 1.82) is 0 Å². The molecule has 0 heterocycles. The molecular formula is C14H22FNO. The number of benzene rings is 1. The largest absolute Gasteiger partial charge is 0.493 e. The van der Waals surface area contributed by atoms with E-state index < -0.39 is 0 Å². The summed E-state index contributed by atoms with van der Waals surface area (Å²) < 4.78 is 19.2. The fourth-order valence-electron chi connectivity index (χ4n) is 1.80. The minimum Gasteiger partial charge on any atom is -0.493 e. The average molecular weight is 239 g/mol. The highest BCUT2D eigenvalue weighted by molar-refractivity contribution is 5.36. The first-order valence-corrected chi connectivity index (χ1v) is 6.33. The van der Waals surface area contributed by atoms with E-state index in [1.54, 1.807) is 19.1 Å². The van der Waals surface area contributed by atoms with E-state index in [2.05, 4.69) is 6.92 Å². The second kappa shape index (κ2) is 7.28. The van der Waals surface area contributed by atoms with E-state index in [0.717, 1.165) is 12.8 Å². The van der Waals surface area contributed by atoms with Crippen LogP contribution in [0, 0.1) is 5.82 Å². The Bertz CT molecular complexity index is 339. The Morgan fingerprint density at radius 2 is 2.06 bits per heavy atom. The van der Waals surface area contributed by atoms with Crippen LogP contribution in [0.5, 0.6) is 5.75 Å². The second-order valence-corrected chi connectivity index (χ2v) is 4.35. The highest BCUT2D eigenvalue weighted by Gasteiger charge is 2.13. The Morgan fingerprint density at radius 3 is 2.71 bits per heavy atom. The Kier molecular flexibility index (Phi) is 5.98. The van der Waals surface area contributed by atoms with Gasteiger partial charge in [0.05, 0.1) is 6.61 Å². The Hall–Kier alpha value is -1.09. The van der Waals surface area contributed by atoms with Crippen molar-refractivity contribution in [2.45, 2.75) is 45.6 Å². The van der Waals surface area contributed by atoms with E-state index in [9.17, 15) is 4.39 Å². The average Bonchev–Trinajstić information content (AvgIpc) is 2.28. The van der Waals surface area contributed by atoms with Crippen LogP contribution >= 0.6 is 0 Å². The van der Waals surface area contributed by atoms with Gasteiger partial charge in [-0.1, -0.05) is 32.3 Å². The molecule has 1 aromatic rings. The van der Waals surface area contributed by atoms with Gasteiger partial charge in [-0.25, -0.2) is 4.39 Å². The third-order valence-corrected chi connectivity index (χ3v) is 2.72. The minimum absolute atomic E-state index is 0.286. The molecule has 0 unspecified atom stereocenters. The first-order valence-electron chi connectivity index (χ1n) is 6.33. The summed E-state index contributed by atoms with van der Waals surface area (Å²) >= 11 is 0. The van der Waals surface area contributed by atoms with E-state index in [-0.39, 0.29) is 11.9 Å². The molecule has 0 aliphatic carbocycles. The van der Waals surface area contributed by atoms with E-state index in [1.807, 2.05) is 0 Å². The van der Waals surface area contributed by atoms with Crippen LogP contribution in [0.15, 0.2) is 18.2 Å². The summed E-state index contributed by atoms with van der Waals surface area (Å²) in [5.41, 5.74) is 6.22. The summed E-state index contributed by atoms with van der Waals surface area (Å²) in [6.07, 6.45) is 4.57. The summed E-state index contributed by atoms with van der Waals surface area (Å²) in [7, 11) is 0. The number of halogens is 1. The fourth-order valence-corrected chi connectivity index (χ4v) is 1.80. The van der Waals surface area contributed by atoms with Crippen molar-refractivity contribution in [2.75, 3.05) is 6.61 Å². The number of hydrogen-bond donors (Lipinski definition) is 1. The van der Waals surface area contributed by atoms with E-state index in [4.69, 9.17) is 10.5 Å². The molecule has 0 aliphatic rings. The summed E-state index contributed by atoms with van der Waals surface area (Å²) in [5, 5.41) is 0. The van der Waals surface area contributed by atoms with Crippen LogP contribution in [0.2, 0.25) is 0 Å². The van der Waals surface area contributed by atoms with Gasteiger partial charge < -0.3 is 10.5 Å². The maximum absolute atomic E-state index is 13.6. The molecule has 0 saturated heterocycles. The molecule has 1 aromatic carbocycles. The Morgan fingerprint density at radius 1 is 1.29 bits per heavy atom. The van der Waals surface area contributed by atoms with E-state index >= 15 is 0 Å². The van der Waals surface area contributed by atoms with Crippen LogP contribution in [0.4, 0.5) is 4.39 Å². The molecule has 96 valence electrons. The van der Waals surface area contributed by atoms with Crippen LogP contribution < -0.4 is 10.5 Å². The van der Waals surface area contributed by atoms with Crippen LogP contribution in [0.25, 0.3) is 0 Å². The van der Waals surface area contributed by atoms with Crippen molar-refractivity contribution < 1.29 is 9.13 Å². The number of unbranched alkanes of at least 4 members (excludes halogenated alkanes) is 3. The number of nitrogens with two attached hydrogens (primary N) is 1. The lowest BCUT2D eigenvalue weighted by Gasteiger charge is -2.14. The molecule has 0 radical (unpaired) electrons. The van der Waals surface area contributed by atoms with Crippen LogP contribution in [0.3, 0.4) is 0 Å². The molecular weight excluding hydrogens is 217 g/mol. The standard InChI is InChI=1S/C14H22FNO/c1-3-4-5-6-10-17-13-9-7-8-12(15)14(13)11(2)16/h7-9,11H,3-6,10,16H2,1-2H3/t11-/m0/s1. The van der Waals surface area contributed by atoms with Gasteiger partial charge in [-0.15, -0.1) is 0 Å². The highest BCUT2D eigenvalue weighted by atomic mass is 19.1. The van der Waals surface area contributed by atoms with Gasteiger partial charge in [0, 0.05) is 11.6 Å². The van der Waals surface area contributed by atoms with Gasteiger partial charge in [0.1, 0.15) is 11.6 Å². The molecule has 0 bridgehead atoms. The van der Waals surface area contributed by atoms with Gasteiger partial charge in [0.15, 0.2) is 0 Å². The first kappa shape index (κ1) is 14.0. The Labute approximate surface area is 103 Å². The number of hydrogen-bond acceptors (Lipinski definition) is 2. The first-order chi connectivity index (χ1) is 8.16. The van der Waals surface area contributed by atoms with Crippen molar-refractivity contribution in [2.24, 2.45) is 5.73 Å². The van der Waals surface area contributed by atoms with E-state index in [1.165, 1.54) is 18.9 Å². The molecule has 2 nitrogen and oxygen atoms in total. The zero-order valence-corrected chi connectivity index (χ0v) is 10.7. The smallest absolute Gasteiger partial charge is 0.131 e. The molecule has 0 fully saturated rings. The van der Waals surface area contributed by atoms with Gasteiger partial charge in [-0.2, -0.15) is 0 Å². The molecule has 17 heavy (non-hydrogen) atoms. The van der Waals surface area contributed by atoms with Gasteiger partial charge in [0.25, 0.3) is 0 Å². The van der Waals surface area contributed by atoms with Crippen molar-refractivity contribution in [3.8, 4) is 5.75 Å². The molecule has 0 aromatic heterocycles. The Balaban J connectivity index is 2.55. The lowest BCUT2D eigenvalue weighted by atomic mass is 10.1. The number of ether oxygens (including phenoxy) is 1. The van der Waals surface area contributed by atoms with Crippen molar-refractivity contribution in [1.82, 2.24) is 0 Å². The summed E-state index contributed by atoms with van der Waals surface area (Å²) in [5.74, 6) is 0.294. The molecule has 2 N–H and O–H groups in total. The van der Waals surface area contributed by atoms with Gasteiger partial charge in [0.2, 0.25) is 0 Å². The third kappa shape index (κ3) is 4.35. The predicted molar refractivity (Wildman–Crippen MR) is 68.6 cm³/mol. The van der Waals surface area contributed by atoms with E-state index in [0.29, 0.717) is 17.9 Å². The zero-order chi connectivity index (χ0) is 12.7. The minimum atomic E-state index is -0.346. The molecule has 0 spiro atoms. The maximum Gasteiger partial charge on any atom is 0.131 e. The molecule has 0 saturated carbocycles. The summed E-state index contributed by atoms with van der Waals surface area (Å²) in [6, 6.07) is 4.51. The molecule has 0 amide bonds. The lowest BCUT2D eigenvalue weighted by molar-refractivity contribution is 0.298. The second-order valence-electron chi connectivity index (χ2n) is 4.35. The SMILES string of the molecule is CCCCCCOc1cccc(F)c1[C@H](C)N. The van der Waals surface area contributed by atoms with Crippen LogP contribution in [-0.2, 0) is 0 Å². The summed E-state index contributed by atoms with van der Waals surface area (Å²) in [6.45, 7) is 4.56. The fraction of sp³-hybridized carbons (Fsp3) is 0.571. The molecule has 3 heteroatoms. The predicted octanol–water partition coefficient (Wildman–Crippen LogP) is 3.80. The highest BCUT2D eigenvalue weighted by Crippen LogP contribution is 2.26. The van der Waals surface area contributed by atoms with Crippen LogP contribution in [0.1, 0.15) is 51.1 Å². The van der Waals surface area contributed by atoms with Gasteiger partial charge >= 0.3 is 0 Å². The van der Waals surface area contributed by atoms with Crippen molar-refractivity contribution in [3.63, 3.8) is 0 Å². The summed E-state index contributed by atoms with van der Waals surface area (Å²) in [4.78, 5) is 0. The third-order valence-electron chi connectivity index (χ3n) is 2.72. The van der Waals surface area contributed by atoms with Gasteiger partial charge in [-0.05, 0) is 25.5 Å². The normalized spacial score (nSPS) is 12.5. The van der Waals surface area contributed by atoms with Crippen molar-refractivity contribution in [3.05, 3.63) is 29.6 Å². The quantitative estimate of drug-likeness (QED) is 0.734. The van der Waals surface area contributed by atoms with Crippen LogP contribution in [-0.4, -0.2) is 6.61 Å². The molecule has 1 rings (SSSR count). The number of rotatable bonds is 7.